The van der Waals surface area contributed by atoms with Gasteiger partial charge in [-0.3, -0.25) is 4.79 Å². The molecule has 0 spiro atoms. The molecule has 9 heteroatoms. The van der Waals surface area contributed by atoms with Crippen molar-refractivity contribution in [3.8, 4) is 0 Å². The molecule has 0 unspecified atom stereocenters. The summed E-state index contributed by atoms with van der Waals surface area (Å²) in [5.74, 6) is 0.170. The number of nitrogens with zero attached hydrogens (tertiary/aromatic N) is 5. The Kier molecular flexibility index (Phi) is 3.03. The van der Waals surface area contributed by atoms with Gasteiger partial charge in [0.1, 0.15) is 0 Å². The maximum absolute atomic E-state index is 12.7. The van der Waals surface area contributed by atoms with Crippen molar-refractivity contribution in [3.05, 3.63) is 24.4 Å². The zero-order chi connectivity index (χ0) is 13.2. The lowest BCUT2D eigenvalue weighted by Crippen LogP contribution is -2.52. The first-order valence-electron chi connectivity index (χ1n) is 5.53. The second kappa shape index (κ2) is 4.84. The average Bonchev–Trinajstić information content (AvgIpc) is 2.82. The number of hydrogen-bond acceptors (Lipinski definition) is 7. The van der Waals surface area contributed by atoms with E-state index < -0.39 is 5.82 Å². The van der Waals surface area contributed by atoms with E-state index in [1.165, 1.54) is 6.20 Å². The molecule has 98 valence electrons. The van der Waals surface area contributed by atoms with Crippen molar-refractivity contribution in [1.82, 2.24) is 18.7 Å². The highest BCUT2D eigenvalue weighted by Crippen LogP contribution is 2.21. The standard InChI is InChI=1S/C10H9FN6OS/c11-7-1-12-10(13-2-7)17-4-6(5-17)9(18)15-8-3-14-19-16-8/h1-3,6H,4-5H2,(H,15,16,18). The number of carbonyl (C=O) groups is 1. The molecule has 3 heterocycles. The van der Waals surface area contributed by atoms with Crippen LogP contribution >= 0.6 is 11.7 Å². The highest BCUT2D eigenvalue weighted by atomic mass is 32.1. The van der Waals surface area contributed by atoms with Crippen molar-refractivity contribution in [2.75, 3.05) is 23.3 Å². The number of amides is 1. The Morgan fingerprint density at radius 2 is 2.11 bits per heavy atom. The highest BCUT2D eigenvalue weighted by molar-refractivity contribution is 6.99. The van der Waals surface area contributed by atoms with E-state index in [-0.39, 0.29) is 11.8 Å². The van der Waals surface area contributed by atoms with Gasteiger partial charge in [0.05, 0.1) is 36.2 Å². The monoisotopic (exact) mass is 280 g/mol. The molecule has 7 nitrogen and oxygen atoms in total. The van der Waals surface area contributed by atoms with Crippen LogP contribution in [0.5, 0.6) is 0 Å². The summed E-state index contributed by atoms with van der Waals surface area (Å²) in [5.41, 5.74) is 0. The maximum Gasteiger partial charge on any atom is 0.232 e. The van der Waals surface area contributed by atoms with Gasteiger partial charge in [-0.05, 0) is 0 Å². The fraction of sp³-hybridized carbons (Fsp3) is 0.300. The molecule has 0 aliphatic carbocycles. The molecule has 1 aliphatic rings. The minimum Gasteiger partial charge on any atom is -0.339 e. The molecule has 19 heavy (non-hydrogen) atoms. The molecule has 2 aromatic rings. The van der Waals surface area contributed by atoms with Crippen LogP contribution < -0.4 is 10.2 Å². The molecule has 0 aromatic carbocycles. The summed E-state index contributed by atoms with van der Waals surface area (Å²) in [4.78, 5) is 21.3. The molecule has 0 bridgehead atoms. The van der Waals surface area contributed by atoms with Gasteiger partial charge < -0.3 is 10.2 Å². The Morgan fingerprint density at radius 1 is 1.37 bits per heavy atom. The van der Waals surface area contributed by atoms with Crippen molar-refractivity contribution in [2.45, 2.75) is 0 Å². The predicted molar refractivity (Wildman–Crippen MR) is 66.2 cm³/mol. The second-order valence-corrected chi connectivity index (χ2v) is 4.64. The van der Waals surface area contributed by atoms with Crippen LogP contribution in [0.1, 0.15) is 0 Å². The van der Waals surface area contributed by atoms with E-state index >= 15 is 0 Å². The van der Waals surface area contributed by atoms with Gasteiger partial charge in [0, 0.05) is 13.1 Å². The van der Waals surface area contributed by atoms with Gasteiger partial charge in [-0.1, -0.05) is 0 Å². The van der Waals surface area contributed by atoms with Crippen LogP contribution in [-0.2, 0) is 4.79 Å². The fourth-order valence-corrected chi connectivity index (χ4v) is 2.10. The topological polar surface area (TPSA) is 83.9 Å². The first kappa shape index (κ1) is 11.9. The van der Waals surface area contributed by atoms with E-state index in [4.69, 9.17) is 0 Å². The number of anilines is 2. The molecule has 1 N–H and O–H groups in total. The van der Waals surface area contributed by atoms with Crippen LogP contribution in [0.3, 0.4) is 0 Å². The Hall–Kier alpha value is -2.16. The molecule has 2 aromatic heterocycles. The highest BCUT2D eigenvalue weighted by Gasteiger charge is 2.34. The second-order valence-electron chi connectivity index (χ2n) is 4.09. The number of hydrogen-bond donors (Lipinski definition) is 1. The molecule has 3 rings (SSSR count). The van der Waals surface area contributed by atoms with Crippen molar-refractivity contribution in [3.63, 3.8) is 0 Å². The van der Waals surface area contributed by atoms with E-state index in [2.05, 4.69) is 24.0 Å². The Balaban J connectivity index is 1.55. The van der Waals surface area contributed by atoms with Crippen molar-refractivity contribution in [1.29, 1.82) is 0 Å². The Labute approximate surface area is 111 Å². The summed E-state index contributed by atoms with van der Waals surface area (Å²) in [6.07, 6.45) is 3.72. The number of aromatic nitrogens is 4. The molecule has 0 atom stereocenters. The summed E-state index contributed by atoms with van der Waals surface area (Å²) in [5, 5.41) is 2.68. The van der Waals surface area contributed by atoms with Crippen LogP contribution in [0, 0.1) is 11.7 Å². The predicted octanol–water partition coefficient (Wildman–Crippen LogP) is 0.542. The Morgan fingerprint density at radius 3 is 2.74 bits per heavy atom. The molecular weight excluding hydrogens is 271 g/mol. The summed E-state index contributed by atoms with van der Waals surface area (Å²) in [6.45, 7) is 1.02. The third-order valence-corrected chi connectivity index (χ3v) is 3.23. The largest absolute Gasteiger partial charge is 0.339 e. The van der Waals surface area contributed by atoms with Gasteiger partial charge in [-0.15, -0.1) is 0 Å². The van der Waals surface area contributed by atoms with Crippen LogP contribution in [-0.4, -0.2) is 37.7 Å². The average molecular weight is 280 g/mol. The summed E-state index contributed by atoms with van der Waals surface area (Å²) < 4.78 is 20.4. The van der Waals surface area contributed by atoms with Gasteiger partial charge in [0.25, 0.3) is 0 Å². The van der Waals surface area contributed by atoms with E-state index in [0.29, 0.717) is 24.9 Å². The fourth-order valence-electron chi connectivity index (χ4n) is 1.72. The van der Waals surface area contributed by atoms with Crippen LogP contribution in [0.4, 0.5) is 16.2 Å². The van der Waals surface area contributed by atoms with Gasteiger partial charge in [0.15, 0.2) is 11.6 Å². The minimum atomic E-state index is -0.477. The molecular formula is C10H9FN6OS. The molecule has 1 saturated heterocycles. The number of halogens is 1. The Bertz CT molecular complexity index is 568. The van der Waals surface area contributed by atoms with Crippen LogP contribution in [0.25, 0.3) is 0 Å². The van der Waals surface area contributed by atoms with Crippen LogP contribution in [0.2, 0.25) is 0 Å². The van der Waals surface area contributed by atoms with E-state index in [9.17, 15) is 9.18 Å². The van der Waals surface area contributed by atoms with Crippen LogP contribution in [0.15, 0.2) is 18.6 Å². The third-order valence-electron chi connectivity index (χ3n) is 2.75. The number of rotatable bonds is 3. The molecule has 0 radical (unpaired) electrons. The summed E-state index contributed by atoms with van der Waals surface area (Å²) in [7, 11) is 0. The van der Waals surface area contributed by atoms with Crippen molar-refractivity contribution in [2.24, 2.45) is 5.92 Å². The summed E-state index contributed by atoms with van der Waals surface area (Å²) >= 11 is 1.04. The zero-order valence-corrected chi connectivity index (χ0v) is 10.5. The number of carbonyl (C=O) groups excluding carboxylic acids is 1. The van der Waals surface area contributed by atoms with Crippen molar-refractivity contribution >= 4 is 29.4 Å². The normalized spacial score (nSPS) is 15.1. The molecule has 1 aliphatic heterocycles. The SMILES string of the molecule is O=C(Nc1cnsn1)C1CN(c2ncc(F)cn2)C1. The van der Waals surface area contributed by atoms with E-state index in [1.54, 1.807) is 0 Å². The smallest absolute Gasteiger partial charge is 0.232 e. The van der Waals surface area contributed by atoms with Gasteiger partial charge in [-0.2, -0.15) is 8.75 Å². The number of nitrogens with one attached hydrogen (secondary N) is 1. The lowest BCUT2D eigenvalue weighted by Gasteiger charge is -2.37. The first-order chi connectivity index (χ1) is 9.22. The molecule has 1 amide bonds. The lowest BCUT2D eigenvalue weighted by atomic mass is 10.00. The first-order valence-corrected chi connectivity index (χ1v) is 6.26. The van der Waals surface area contributed by atoms with Gasteiger partial charge in [0.2, 0.25) is 11.9 Å². The van der Waals surface area contributed by atoms with E-state index in [1.807, 2.05) is 4.90 Å². The zero-order valence-electron chi connectivity index (χ0n) is 9.65. The minimum absolute atomic E-state index is 0.105. The quantitative estimate of drug-likeness (QED) is 0.883. The van der Waals surface area contributed by atoms with Gasteiger partial charge in [-0.25, -0.2) is 14.4 Å². The summed E-state index contributed by atoms with van der Waals surface area (Å²) in [6, 6.07) is 0. The van der Waals surface area contributed by atoms with Crippen molar-refractivity contribution < 1.29 is 9.18 Å². The third kappa shape index (κ3) is 2.50. The molecule has 0 saturated carbocycles. The maximum atomic E-state index is 12.7. The lowest BCUT2D eigenvalue weighted by molar-refractivity contribution is -0.120. The molecule has 1 fully saturated rings. The van der Waals surface area contributed by atoms with E-state index in [0.717, 1.165) is 24.1 Å². The van der Waals surface area contributed by atoms with Gasteiger partial charge >= 0.3 is 0 Å².